The summed E-state index contributed by atoms with van der Waals surface area (Å²) in [4.78, 5) is 28.9. The molecule has 164 valence electrons. The molecule has 31 heavy (non-hydrogen) atoms. The van der Waals surface area contributed by atoms with Gasteiger partial charge in [0.05, 0.1) is 27.8 Å². The van der Waals surface area contributed by atoms with Gasteiger partial charge in [-0.15, -0.1) is 21.5 Å². The average Bonchev–Trinajstić information content (AvgIpc) is 3.50. The van der Waals surface area contributed by atoms with Crippen molar-refractivity contribution in [3.63, 3.8) is 0 Å². The molecular formula is C19H21N5O3S4. The zero-order valence-electron chi connectivity index (χ0n) is 16.8. The molecule has 12 heteroatoms. The number of carbonyl (C=O) groups excluding carboxylic acids is 2. The Balaban J connectivity index is 1.26. The Labute approximate surface area is 196 Å². The molecule has 3 heterocycles. The van der Waals surface area contributed by atoms with Crippen molar-refractivity contribution in [3.8, 4) is 0 Å². The summed E-state index contributed by atoms with van der Waals surface area (Å²) in [6.45, 7) is 3.24. The lowest BCUT2D eigenvalue weighted by Gasteiger charge is -2.09. The van der Waals surface area contributed by atoms with Crippen LogP contribution in [-0.4, -0.2) is 57.8 Å². The van der Waals surface area contributed by atoms with E-state index in [1.54, 1.807) is 0 Å². The summed E-state index contributed by atoms with van der Waals surface area (Å²) in [7, 11) is 0. The molecular weight excluding hydrogens is 475 g/mol. The zero-order chi connectivity index (χ0) is 21.6. The second kappa shape index (κ2) is 10.7. The molecule has 0 saturated carbocycles. The van der Waals surface area contributed by atoms with Crippen LogP contribution in [0.3, 0.4) is 0 Å². The molecule has 2 N–H and O–H groups in total. The number of hydrogen-bond donors (Lipinski definition) is 2. The van der Waals surface area contributed by atoms with Gasteiger partial charge in [0.15, 0.2) is 8.68 Å². The maximum atomic E-state index is 12.2. The van der Waals surface area contributed by atoms with E-state index in [4.69, 9.17) is 4.74 Å². The quantitative estimate of drug-likeness (QED) is 0.434. The molecule has 1 atom stereocenters. The molecule has 2 amide bonds. The summed E-state index contributed by atoms with van der Waals surface area (Å²) >= 11 is 5.77. The fourth-order valence-corrected chi connectivity index (χ4v) is 6.47. The van der Waals surface area contributed by atoms with Crippen molar-refractivity contribution in [3.05, 3.63) is 23.2 Å². The first kappa shape index (κ1) is 22.5. The van der Waals surface area contributed by atoms with E-state index in [0.717, 1.165) is 49.0 Å². The van der Waals surface area contributed by atoms with Crippen LogP contribution in [0, 0.1) is 6.92 Å². The third kappa shape index (κ3) is 6.62. The van der Waals surface area contributed by atoms with Crippen LogP contribution < -0.4 is 10.6 Å². The molecule has 0 radical (unpaired) electrons. The first-order valence-electron chi connectivity index (χ1n) is 9.69. The summed E-state index contributed by atoms with van der Waals surface area (Å²) in [5, 5.41) is 14.7. The van der Waals surface area contributed by atoms with Gasteiger partial charge < -0.3 is 15.4 Å². The summed E-state index contributed by atoms with van der Waals surface area (Å²) in [6.07, 6.45) is 2.21. The Hall–Kier alpha value is -1.73. The number of hydrogen-bond acceptors (Lipinski definition) is 10. The van der Waals surface area contributed by atoms with Gasteiger partial charge in [0.2, 0.25) is 11.8 Å². The minimum atomic E-state index is -0.0979. The molecule has 1 unspecified atom stereocenters. The fourth-order valence-electron chi connectivity index (χ4n) is 2.92. The number of nitrogens with zero attached hydrogens (tertiary/aromatic N) is 3. The van der Waals surface area contributed by atoms with Crippen LogP contribution in [0.2, 0.25) is 0 Å². The van der Waals surface area contributed by atoms with Crippen molar-refractivity contribution in [2.45, 2.75) is 34.5 Å². The number of thioether (sulfide) groups is 2. The molecule has 1 aromatic carbocycles. The second-order valence-electron chi connectivity index (χ2n) is 6.81. The lowest BCUT2D eigenvalue weighted by molar-refractivity contribution is -0.119. The third-order valence-electron chi connectivity index (χ3n) is 4.36. The number of amides is 2. The highest BCUT2D eigenvalue weighted by Crippen LogP contribution is 2.31. The first-order chi connectivity index (χ1) is 15.0. The number of benzene rings is 1. The normalized spacial score (nSPS) is 16.0. The van der Waals surface area contributed by atoms with Gasteiger partial charge in [-0.1, -0.05) is 34.9 Å². The molecule has 1 fully saturated rings. The van der Waals surface area contributed by atoms with E-state index < -0.39 is 0 Å². The van der Waals surface area contributed by atoms with Crippen molar-refractivity contribution >= 4 is 73.9 Å². The van der Waals surface area contributed by atoms with E-state index in [1.165, 1.54) is 46.2 Å². The van der Waals surface area contributed by atoms with E-state index >= 15 is 0 Å². The maximum Gasteiger partial charge on any atom is 0.234 e. The Kier molecular flexibility index (Phi) is 7.77. The van der Waals surface area contributed by atoms with Crippen LogP contribution in [0.25, 0.3) is 10.2 Å². The minimum absolute atomic E-state index is 0.0177. The molecule has 1 aliphatic rings. The smallest absolute Gasteiger partial charge is 0.234 e. The number of anilines is 1. The predicted molar refractivity (Wildman–Crippen MR) is 126 cm³/mol. The van der Waals surface area contributed by atoms with Gasteiger partial charge in [-0.05, 0) is 38.0 Å². The summed E-state index contributed by atoms with van der Waals surface area (Å²) in [6, 6.07) is 5.62. The Bertz CT molecular complexity index is 1060. The number of thiazole rings is 1. The number of ether oxygens (including phenoxy) is 1. The SMILES string of the molecule is Cc1nnc(SCC(=O)Nc2ccc3nc(SCC(=O)NCC4CCCO4)sc3c2)s1. The fraction of sp³-hybridized carbons (Fsp3) is 0.421. The van der Waals surface area contributed by atoms with Crippen molar-refractivity contribution in [2.75, 3.05) is 30.0 Å². The molecule has 1 saturated heterocycles. The number of aryl methyl sites for hydroxylation is 1. The van der Waals surface area contributed by atoms with Gasteiger partial charge in [-0.3, -0.25) is 9.59 Å². The molecule has 0 bridgehead atoms. The van der Waals surface area contributed by atoms with Crippen LogP contribution in [0.4, 0.5) is 5.69 Å². The molecule has 1 aliphatic heterocycles. The average molecular weight is 496 g/mol. The highest BCUT2D eigenvalue weighted by Gasteiger charge is 2.16. The largest absolute Gasteiger partial charge is 0.376 e. The molecule has 3 aromatic rings. The van der Waals surface area contributed by atoms with Crippen molar-refractivity contribution in [1.29, 1.82) is 0 Å². The summed E-state index contributed by atoms with van der Waals surface area (Å²) < 4.78 is 8.09. The van der Waals surface area contributed by atoms with E-state index in [9.17, 15) is 9.59 Å². The van der Waals surface area contributed by atoms with Gasteiger partial charge in [0, 0.05) is 18.8 Å². The molecule has 8 nitrogen and oxygen atoms in total. The highest BCUT2D eigenvalue weighted by atomic mass is 32.2. The lowest BCUT2D eigenvalue weighted by Crippen LogP contribution is -2.32. The van der Waals surface area contributed by atoms with Crippen molar-refractivity contribution < 1.29 is 14.3 Å². The van der Waals surface area contributed by atoms with Gasteiger partial charge in [-0.25, -0.2) is 4.98 Å². The summed E-state index contributed by atoms with van der Waals surface area (Å²) in [5.74, 6) is 0.477. The molecule has 0 aliphatic carbocycles. The van der Waals surface area contributed by atoms with Gasteiger partial charge in [0.1, 0.15) is 5.01 Å². The Morgan fingerprint density at radius 1 is 1.16 bits per heavy atom. The van der Waals surface area contributed by atoms with Crippen LogP contribution in [0.5, 0.6) is 0 Å². The van der Waals surface area contributed by atoms with E-state index in [2.05, 4.69) is 25.8 Å². The highest BCUT2D eigenvalue weighted by molar-refractivity contribution is 8.02. The second-order valence-corrected chi connectivity index (χ2v) is 11.5. The number of carbonyl (C=O) groups is 2. The number of nitrogens with one attached hydrogen (secondary N) is 2. The standard InChI is InChI=1S/C19H21N5O3S4/c1-11-23-24-19(30-11)29-10-17(26)21-12-4-5-14-15(7-12)31-18(22-14)28-9-16(25)20-8-13-3-2-6-27-13/h4-5,7,13H,2-3,6,8-10H2,1H3,(H,20,25)(H,21,26). The lowest BCUT2D eigenvalue weighted by atomic mass is 10.2. The molecule has 0 spiro atoms. The molecule has 4 rings (SSSR count). The van der Waals surface area contributed by atoms with E-state index in [0.29, 0.717) is 12.3 Å². The maximum absolute atomic E-state index is 12.2. The van der Waals surface area contributed by atoms with Crippen molar-refractivity contribution in [1.82, 2.24) is 20.5 Å². The minimum Gasteiger partial charge on any atom is -0.376 e. The predicted octanol–water partition coefficient (Wildman–Crippen LogP) is 3.57. The Morgan fingerprint density at radius 3 is 2.77 bits per heavy atom. The third-order valence-corrected chi connectivity index (χ3v) is 8.50. The monoisotopic (exact) mass is 495 g/mol. The van der Waals surface area contributed by atoms with E-state index in [-0.39, 0.29) is 23.7 Å². The molecule has 2 aromatic heterocycles. The Morgan fingerprint density at radius 2 is 2.00 bits per heavy atom. The topological polar surface area (TPSA) is 106 Å². The summed E-state index contributed by atoms with van der Waals surface area (Å²) in [5.41, 5.74) is 1.57. The zero-order valence-corrected chi connectivity index (χ0v) is 20.0. The number of aromatic nitrogens is 3. The van der Waals surface area contributed by atoms with Crippen LogP contribution in [0.15, 0.2) is 26.9 Å². The van der Waals surface area contributed by atoms with Crippen molar-refractivity contribution in [2.24, 2.45) is 0 Å². The van der Waals surface area contributed by atoms with Gasteiger partial charge >= 0.3 is 0 Å². The van der Waals surface area contributed by atoms with Crippen LogP contribution in [0.1, 0.15) is 17.8 Å². The number of rotatable bonds is 9. The van der Waals surface area contributed by atoms with E-state index in [1.807, 2.05) is 25.1 Å². The van der Waals surface area contributed by atoms with Crippen LogP contribution in [-0.2, 0) is 14.3 Å². The van der Waals surface area contributed by atoms with Crippen LogP contribution >= 0.6 is 46.2 Å². The van der Waals surface area contributed by atoms with Gasteiger partial charge in [0.25, 0.3) is 0 Å². The van der Waals surface area contributed by atoms with Gasteiger partial charge in [-0.2, -0.15) is 0 Å². The number of fused-ring (bicyclic) bond motifs is 1. The first-order valence-corrected chi connectivity index (χ1v) is 13.3.